The summed E-state index contributed by atoms with van der Waals surface area (Å²) in [5.74, 6) is -1.87. The maximum atomic E-state index is 11.9. The van der Waals surface area contributed by atoms with Crippen LogP contribution in [-0.2, 0) is 9.59 Å². The summed E-state index contributed by atoms with van der Waals surface area (Å²) in [6.45, 7) is 3.45. The smallest absolute Gasteiger partial charge is 0.321 e. The molecule has 2 heterocycles. The van der Waals surface area contributed by atoms with Gasteiger partial charge in [-0.1, -0.05) is 25.1 Å². The lowest BCUT2D eigenvalue weighted by Crippen LogP contribution is -2.46. The van der Waals surface area contributed by atoms with Crippen LogP contribution in [0.25, 0.3) is 10.9 Å². The molecule has 2 aromatic rings. The predicted molar refractivity (Wildman–Crippen MR) is 105 cm³/mol. The number of aliphatic carboxylic acids is 1. The van der Waals surface area contributed by atoms with Gasteiger partial charge < -0.3 is 15.2 Å². The third-order valence-electron chi connectivity index (χ3n) is 5.06. The number of para-hydroxylation sites is 1. The molecule has 4 N–H and O–H groups in total. The Morgan fingerprint density at radius 3 is 2.62 bits per heavy atom. The van der Waals surface area contributed by atoms with E-state index in [0.29, 0.717) is 0 Å². The van der Waals surface area contributed by atoms with Gasteiger partial charge >= 0.3 is 5.97 Å². The molecular formula is C18H22N2O4S2. The largest absolute Gasteiger partial charge is 0.480 e. The zero-order valence-corrected chi connectivity index (χ0v) is 16.1. The van der Waals surface area contributed by atoms with Gasteiger partial charge in [0, 0.05) is 33.3 Å². The molecule has 0 saturated carbocycles. The quantitative estimate of drug-likeness (QED) is 0.481. The lowest BCUT2D eigenvalue weighted by molar-refractivity contribution is -0.139. The van der Waals surface area contributed by atoms with Crippen molar-refractivity contribution < 1.29 is 19.8 Å². The summed E-state index contributed by atoms with van der Waals surface area (Å²) in [6.07, 6.45) is 0.968. The summed E-state index contributed by atoms with van der Waals surface area (Å²) < 4.78 is 0. The van der Waals surface area contributed by atoms with Gasteiger partial charge in [0.15, 0.2) is 5.12 Å². The van der Waals surface area contributed by atoms with Crippen LogP contribution in [0.3, 0.4) is 0 Å². The van der Waals surface area contributed by atoms with E-state index in [-0.39, 0.29) is 11.2 Å². The summed E-state index contributed by atoms with van der Waals surface area (Å²) in [7, 11) is 0. The lowest BCUT2D eigenvalue weighted by Gasteiger charge is -2.27. The van der Waals surface area contributed by atoms with Gasteiger partial charge in [-0.15, -0.1) is 24.4 Å². The fraction of sp³-hybridized carbons (Fsp3) is 0.444. The number of hydrogen-bond acceptors (Lipinski definition) is 5. The molecule has 140 valence electrons. The number of carbonyl (C=O) groups is 2. The maximum absolute atomic E-state index is 11.9. The summed E-state index contributed by atoms with van der Waals surface area (Å²) in [5.41, 5.74) is 0.990. The Bertz CT molecular complexity index is 822. The number of carboxylic acid groups (broad SMARTS) is 1. The Morgan fingerprint density at radius 1 is 1.31 bits per heavy atom. The zero-order valence-electron chi connectivity index (χ0n) is 14.4. The molecule has 1 fully saturated rings. The van der Waals surface area contributed by atoms with Gasteiger partial charge in [0.2, 0.25) is 0 Å². The normalized spacial score (nSPS) is 28.2. The molecule has 3 rings (SSSR count). The van der Waals surface area contributed by atoms with Gasteiger partial charge in [-0.25, -0.2) is 0 Å². The molecule has 1 aliphatic heterocycles. The number of carboxylic acids is 1. The summed E-state index contributed by atoms with van der Waals surface area (Å²) in [4.78, 5) is 27.9. The minimum absolute atomic E-state index is 0.148. The fourth-order valence-corrected chi connectivity index (χ4v) is 5.55. The molecule has 6 nitrogen and oxygen atoms in total. The van der Waals surface area contributed by atoms with E-state index in [0.717, 1.165) is 15.8 Å². The van der Waals surface area contributed by atoms with Crippen molar-refractivity contribution in [3.63, 3.8) is 0 Å². The van der Waals surface area contributed by atoms with Crippen LogP contribution in [0.5, 0.6) is 0 Å². The first-order valence-electron chi connectivity index (χ1n) is 8.43. The van der Waals surface area contributed by atoms with E-state index in [1.165, 1.54) is 18.7 Å². The maximum Gasteiger partial charge on any atom is 0.321 e. The van der Waals surface area contributed by atoms with E-state index in [1.54, 1.807) is 0 Å². The number of fused-ring (bicyclic) bond motifs is 1. The van der Waals surface area contributed by atoms with Gasteiger partial charge in [0.25, 0.3) is 0 Å². The van der Waals surface area contributed by atoms with Crippen LogP contribution in [0.15, 0.2) is 35.4 Å². The third-order valence-corrected chi connectivity index (χ3v) is 6.92. The second-order valence-electron chi connectivity index (χ2n) is 6.75. The van der Waals surface area contributed by atoms with Crippen molar-refractivity contribution in [2.24, 2.45) is 11.8 Å². The third kappa shape index (κ3) is 3.51. The van der Waals surface area contributed by atoms with Crippen LogP contribution in [0, 0.1) is 11.8 Å². The zero-order chi connectivity index (χ0) is 19.0. The number of hydrogen-bond donors (Lipinski definition) is 5. The Labute approximate surface area is 161 Å². The summed E-state index contributed by atoms with van der Waals surface area (Å²) in [6, 6.07) is 6.57. The standard InChI is InChI=1S/C18H22N2O4S2/c1-8-14(13(9(2)21)18(24)25)20-15(17(22)23)16(8)26-12-7-19-11-6-4-3-5-10(11)12/h3-9,13-16,19-21H,1-2H3,(H,22,23)(H,24,25)/t8-,9+,13-,14-,15+,16-/m1/s1. The number of aliphatic hydroxyl groups excluding tert-OH is 1. The van der Waals surface area contributed by atoms with E-state index >= 15 is 0 Å². The first-order valence-corrected chi connectivity index (χ1v) is 9.76. The molecule has 26 heavy (non-hydrogen) atoms. The molecule has 0 radical (unpaired) electrons. The van der Waals surface area contributed by atoms with E-state index in [2.05, 4.69) is 22.9 Å². The average Bonchev–Trinajstić information content (AvgIpc) is 3.11. The van der Waals surface area contributed by atoms with Gasteiger partial charge in [0.1, 0.15) is 6.04 Å². The van der Waals surface area contributed by atoms with Crippen LogP contribution in [-0.4, -0.2) is 49.7 Å². The lowest BCUT2D eigenvalue weighted by atomic mass is 9.87. The van der Waals surface area contributed by atoms with Crippen molar-refractivity contribution >= 4 is 46.4 Å². The molecule has 0 amide bonds. The second kappa shape index (κ2) is 7.64. The minimum Gasteiger partial charge on any atom is -0.480 e. The van der Waals surface area contributed by atoms with Crippen LogP contribution in [0.1, 0.15) is 13.8 Å². The fourth-order valence-electron chi connectivity index (χ4n) is 3.73. The number of benzene rings is 1. The SMILES string of the molecule is C[C@@H]1[C@H]([C@H](C(=O)S)[C@H](C)O)N[C@H](C(=O)O)[C@@H]1Sc1c[nH]c2ccccc12. The molecule has 8 heteroatoms. The highest BCUT2D eigenvalue weighted by molar-refractivity contribution is 8.00. The number of H-pyrrole nitrogens is 1. The summed E-state index contributed by atoms with van der Waals surface area (Å²) >= 11 is 5.38. The molecule has 0 bridgehead atoms. The molecule has 6 atom stereocenters. The molecule has 0 aliphatic carbocycles. The van der Waals surface area contributed by atoms with E-state index in [4.69, 9.17) is 0 Å². The van der Waals surface area contributed by atoms with E-state index < -0.39 is 35.2 Å². The predicted octanol–water partition coefficient (Wildman–Crippen LogP) is 2.14. The Hall–Kier alpha value is -1.48. The first kappa shape index (κ1) is 19.3. The highest BCUT2D eigenvalue weighted by atomic mass is 32.2. The van der Waals surface area contributed by atoms with Crippen molar-refractivity contribution in [1.29, 1.82) is 0 Å². The Kier molecular flexibility index (Phi) is 5.67. The number of rotatable bonds is 6. The van der Waals surface area contributed by atoms with Crippen molar-refractivity contribution in [1.82, 2.24) is 10.3 Å². The van der Waals surface area contributed by atoms with Crippen LogP contribution in [0.2, 0.25) is 0 Å². The molecule has 0 unspecified atom stereocenters. The number of carbonyl (C=O) groups excluding carboxylic acids is 1. The number of thioether (sulfide) groups is 1. The topological polar surface area (TPSA) is 102 Å². The van der Waals surface area contributed by atoms with Crippen LogP contribution in [0.4, 0.5) is 0 Å². The Balaban J connectivity index is 1.91. The molecule has 0 spiro atoms. The summed E-state index contributed by atoms with van der Waals surface area (Å²) in [5, 5.41) is 23.0. The van der Waals surface area contributed by atoms with E-state index in [1.807, 2.05) is 37.4 Å². The van der Waals surface area contributed by atoms with Crippen LogP contribution < -0.4 is 5.32 Å². The van der Waals surface area contributed by atoms with Gasteiger partial charge in [-0.3, -0.25) is 14.9 Å². The minimum atomic E-state index is -0.965. The molecule has 1 saturated heterocycles. The van der Waals surface area contributed by atoms with Crippen molar-refractivity contribution in [2.75, 3.05) is 0 Å². The van der Waals surface area contributed by atoms with Crippen molar-refractivity contribution in [2.45, 2.75) is 42.2 Å². The first-order chi connectivity index (χ1) is 12.3. The van der Waals surface area contributed by atoms with Crippen molar-refractivity contribution in [3.05, 3.63) is 30.5 Å². The van der Waals surface area contributed by atoms with Gasteiger partial charge in [-0.2, -0.15) is 0 Å². The number of thiol groups is 1. The van der Waals surface area contributed by atoms with Gasteiger partial charge in [0.05, 0.1) is 12.0 Å². The monoisotopic (exact) mass is 394 g/mol. The van der Waals surface area contributed by atoms with Gasteiger partial charge in [-0.05, 0) is 18.9 Å². The Morgan fingerprint density at radius 2 is 2.00 bits per heavy atom. The van der Waals surface area contributed by atoms with E-state index in [9.17, 15) is 19.8 Å². The second-order valence-corrected chi connectivity index (χ2v) is 8.41. The molecule has 1 aromatic heterocycles. The van der Waals surface area contributed by atoms with Crippen LogP contribution >= 0.6 is 24.4 Å². The number of aromatic amines is 1. The molecule has 1 aliphatic rings. The molecular weight excluding hydrogens is 372 g/mol. The molecule has 1 aromatic carbocycles. The highest BCUT2D eigenvalue weighted by Gasteiger charge is 2.49. The average molecular weight is 395 g/mol. The number of nitrogens with one attached hydrogen (secondary N) is 2. The highest BCUT2D eigenvalue weighted by Crippen LogP contribution is 2.41. The van der Waals surface area contributed by atoms with Crippen molar-refractivity contribution in [3.8, 4) is 0 Å². The number of aromatic nitrogens is 1. The number of aliphatic hydroxyl groups is 1.